The maximum Gasteiger partial charge on any atom is 0.281 e. The summed E-state index contributed by atoms with van der Waals surface area (Å²) in [6.07, 6.45) is 2.80. The normalized spacial score (nSPS) is 25.7. The van der Waals surface area contributed by atoms with Crippen LogP contribution in [0.15, 0.2) is 4.99 Å². The SMILES string of the molecule is CN(C)S(=O)(=O)N1CCCCC1CN=C(N)N1CCSCC1. The zero-order chi connectivity index (χ0) is 16.2. The summed E-state index contributed by atoms with van der Waals surface area (Å²) in [6.45, 7) is 2.86. The molecule has 7 nitrogen and oxygen atoms in total. The highest BCUT2D eigenvalue weighted by Crippen LogP contribution is 2.22. The topological polar surface area (TPSA) is 82.2 Å². The fraction of sp³-hybridized carbons (Fsp3) is 0.923. The molecule has 2 saturated heterocycles. The van der Waals surface area contributed by atoms with Crippen molar-refractivity contribution in [1.82, 2.24) is 13.5 Å². The van der Waals surface area contributed by atoms with E-state index in [1.54, 1.807) is 18.4 Å². The van der Waals surface area contributed by atoms with Crippen molar-refractivity contribution in [3.63, 3.8) is 0 Å². The van der Waals surface area contributed by atoms with Crippen LogP contribution in [0.4, 0.5) is 0 Å². The number of piperidine rings is 1. The second kappa shape index (κ2) is 7.85. The zero-order valence-electron chi connectivity index (χ0n) is 13.4. The van der Waals surface area contributed by atoms with E-state index in [2.05, 4.69) is 9.89 Å². The Hall–Kier alpha value is -0.510. The van der Waals surface area contributed by atoms with Gasteiger partial charge >= 0.3 is 0 Å². The van der Waals surface area contributed by atoms with Gasteiger partial charge in [0, 0.05) is 51.3 Å². The van der Waals surface area contributed by atoms with Crippen LogP contribution in [0.5, 0.6) is 0 Å². The number of rotatable bonds is 4. The van der Waals surface area contributed by atoms with E-state index in [1.807, 2.05) is 11.8 Å². The van der Waals surface area contributed by atoms with Crippen LogP contribution in [0.1, 0.15) is 19.3 Å². The van der Waals surface area contributed by atoms with E-state index < -0.39 is 10.2 Å². The van der Waals surface area contributed by atoms with Gasteiger partial charge in [-0.15, -0.1) is 0 Å². The highest BCUT2D eigenvalue weighted by atomic mass is 32.2. The number of hydrogen-bond donors (Lipinski definition) is 1. The number of thioether (sulfide) groups is 1. The summed E-state index contributed by atoms with van der Waals surface area (Å²) in [5, 5.41) is 0. The number of aliphatic imine (C=N–C) groups is 1. The van der Waals surface area contributed by atoms with Gasteiger partial charge in [-0.3, -0.25) is 4.99 Å². The van der Waals surface area contributed by atoms with E-state index in [9.17, 15) is 8.42 Å². The second-order valence-electron chi connectivity index (χ2n) is 5.85. The Morgan fingerprint density at radius 3 is 2.59 bits per heavy atom. The van der Waals surface area contributed by atoms with Gasteiger partial charge in [-0.2, -0.15) is 28.8 Å². The van der Waals surface area contributed by atoms with Crippen molar-refractivity contribution in [2.24, 2.45) is 10.7 Å². The molecule has 2 fully saturated rings. The smallest absolute Gasteiger partial charge is 0.281 e. The average Bonchev–Trinajstić information content (AvgIpc) is 2.53. The maximum absolute atomic E-state index is 12.4. The van der Waals surface area contributed by atoms with Gasteiger partial charge in [0.1, 0.15) is 0 Å². The lowest BCUT2D eigenvalue weighted by Crippen LogP contribution is -2.50. The Balaban J connectivity index is 2.02. The molecule has 0 aromatic rings. The first kappa shape index (κ1) is 17.8. The van der Waals surface area contributed by atoms with Crippen LogP contribution in [0.3, 0.4) is 0 Å². The molecule has 0 aliphatic carbocycles. The molecule has 9 heteroatoms. The first-order valence-corrected chi connectivity index (χ1v) is 10.3. The molecule has 0 amide bonds. The first-order valence-electron chi connectivity index (χ1n) is 7.75. The Kier molecular flexibility index (Phi) is 6.36. The van der Waals surface area contributed by atoms with Gasteiger partial charge in [0.05, 0.1) is 6.54 Å². The molecular formula is C13H27N5O2S2. The average molecular weight is 350 g/mol. The van der Waals surface area contributed by atoms with E-state index in [4.69, 9.17) is 5.73 Å². The number of guanidine groups is 1. The van der Waals surface area contributed by atoms with Gasteiger partial charge in [0.2, 0.25) is 0 Å². The molecule has 2 aliphatic rings. The Bertz CT molecular complexity index is 489. The summed E-state index contributed by atoms with van der Waals surface area (Å²) in [7, 11) is -0.235. The van der Waals surface area contributed by atoms with Crippen molar-refractivity contribution in [3.8, 4) is 0 Å². The lowest BCUT2D eigenvalue weighted by atomic mass is 10.1. The van der Waals surface area contributed by atoms with Gasteiger partial charge < -0.3 is 10.6 Å². The predicted molar refractivity (Wildman–Crippen MR) is 92.3 cm³/mol. The highest BCUT2D eigenvalue weighted by Gasteiger charge is 2.33. The molecule has 0 aromatic heterocycles. The maximum atomic E-state index is 12.4. The minimum Gasteiger partial charge on any atom is -0.370 e. The van der Waals surface area contributed by atoms with Crippen molar-refractivity contribution in [2.45, 2.75) is 25.3 Å². The summed E-state index contributed by atoms with van der Waals surface area (Å²) in [4.78, 5) is 6.57. The van der Waals surface area contributed by atoms with Crippen LogP contribution < -0.4 is 5.73 Å². The molecule has 1 atom stereocenters. The highest BCUT2D eigenvalue weighted by molar-refractivity contribution is 7.99. The zero-order valence-corrected chi connectivity index (χ0v) is 15.1. The molecule has 22 heavy (non-hydrogen) atoms. The summed E-state index contributed by atoms with van der Waals surface area (Å²) < 4.78 is 27.7. The molecule has 2 heterocycles. The van der Waals surface area contributed by atoms with Crippen LogP contribution in [0.25, 0.3) is 0 Å². The molecule has 1 unspecified atom stereocenters. The van der Waals surface area contributed by atoms with E-state index in [1.165, 1.54) is 4.31 Å². The van der Waals surface area contributed by atoms with Gasteiger partial charge in [0.25, 0.3) is 10.2 Å². The van der Waals surface area contributed by atoms with Crippen LogP contribution >= 0.6 is 11.8 Å². The van der Waals surface area contributed by atoms with Crippen LogP contribution in [0, 0.1) is 0 Å². The summed E-state index contributed by atoms with van der Waals surface area (Å²) in [5.41, 5.74) is 6.07. The molecule has 0 aromatic carbocycles. The van der Waals surface area contributed by atoms with Crippen molar-refractivity contribution in [3.05, 3.63) is 0 Å². The molecule has 0 spiro atoms. The second-order valence-corrected chi connectivity index (χ2v) is 9.17. The Morgan fingerprint density at radius 1 is 1.27 bits per heavy atom. The van der Waals surface area contributed by atoms with Gasteiger partial charge in [-0.25, -0.2) is 0 Å². The lowest BCUT2D eigenvalue weighted by Gasteiger charge is -2.35. The van der Waals surface area contributed by atoms with Crippen LogP contribution in [-0.4, -0.2) is 85.7 Å². The first-order chi connectivity index (χ1) is 10.4. The largest absolute Gasteiger partial charge is 0.370 e. The van der Waals surface area contributed by atoms with Crippen molar-refractivity contribution in [1.29, 1.82) is 0 Å². The van der Waals surface area contributed by atoms with E-state index >= 15 is 0 Å². The van der Waals surface area contributed by atoms with Crippen LogP contribution in [-0.2, 0) is 10.2 Å². The number of hydrogen-bond acceptors (Lipinski definition) is 4. The molecule has 2 N–H and O–H groups in total. The van der Waals surface area contributed by atoms with Crippen molar-refractivity contribution >= 4 is 27.9 Å². The third-order valence-corrected chi connectivity index (χ3v) is 7.07. The molecule has 128 valence electrons. The van der Waals surface area contributed by atoms with Crippen LogP contribution in [0.2, 0.25) is 0 Å². The van der Waals surface area contributed by atoms with E-state index in [-0.39, 0.29) is 6.04 Å². The fourth-order valence-corrected chi connectivity index (χ4v) is 4.99. The Labute approximate surface area is 138 Å². The molecule has 0 radical (unpaired) electrons. The fourth-order valence-electron chi connectivity index (χ4n) is 2.76. The third-order valence-electron chi connectivity index (χ3n) is 4.13. The minimum atomic E-state index is -3.38. The summed E-state index contributed by atoms with van der Waals surface area (Å²) in [6, 6.07) is -0.0844. The van der Waals surface area contributed by atoms with E-state index in [0.29, 0.717) is 19.0 Å². The monoisotopic (exact) mass is 349 g/mol. The van der Waals surface area contributed by atoms with Crippen molar-refractivity contribution < 1.29 is 8.42 Å². The summed E-state index contributed by atoms with van der Waals surface area (Å²) >= 11 is 1.92. The predicted octanol–water partition coefficient (Wildman–Crippen LogP) is 0.0108. The van der Waals surface area contributed by atoms with Gasteiger partial charge in [-0.05, 0) is 12.8 Å². The number of nitrogens with two attached hydrogens (primary N) is 1. The Morgan fingerprint density at radius 2 is 1.95 bits per heavy atom. The molecule has 0 bridgehead atoms. The molecule has 0 saturated carbocycles. The van der Waals surface area contributed by atoms with Gasteiger partial charge in [0.15, 0.2) is 5.96 Å². The van der Waals surface area contributed by atoms with Gasteiger partial charge in [-0.1, -0.05) is 6.42 Å². The molecular weight excluding hydrogens is 322 g/mol. The lowest BCUT2D eigenvalue weighted by molar-refractivity contribution is 0.244. The minimum absolute atomic E-state index is 0.0844. The number of nitrogens with zero attached hydrogens (tertiary/aromatic N) is 4. The standard InChI is InChI=1S/C13H27N5O2S2/c1-16(2)22(19,20)18-6-4-3-5-12(18)11-15-13(14)17-7-9-21-10-8-17/h12H,3-11H2,1-2H3,(H2,14,15). The molecule has 2 rings (SSSR count). The third kappa shape index (κ3) is 4.27. The summed E-state index contributed by atoms with van der Waals surface area (Å²) in [5.74, 6) is 2.69. The quantitative estimate of drug-likeness (QED) is 0.571. The van der Waals surface area contributed by atoms with E-state index in [0.717, 1.165) is 43.9 Å². The van der Waals surface area contributed by atoms with Crippen molar-refractivity contribution in [2.75, 3.05) is 51.8 Å². The molecule has 2 aliphatic heterocycles.